The highest BCUT2D eigenvalue weighted by Crippen LogP contribution is 2.33. The van der Waals surface area contributed by atoms with Crippen LogP contribution in [0.3, 0.4) is 0 Å². The van der Waals surface area contributed by atoms with Crippen LogP contribution in [0.1, 0.15) is 45.6 Å². The molecule has 0 aliphatic carbocycles. The average molecular weight is 404 g/mol. The van der Waals surface area contributed by atoms with Crippen molar-refractivity contribution < 1.29 is 13.2 Å². The molecule has 0 fully saturated rings. The molecule has 0 aliphatic heterocycles. The number of halogens is 4. The Bertz CT molecular complexity index is 571. The smallest absolute Gasteiger partial charge is 0.284 e. The van der Waals surface area contributed by atoms with E-state index in [1.54, 1.807) is 0 Å². The molecule has 0 amide bonds. The van der Waals surface area contributed by atoms with Crippen LogP contribution in [0.15, 0.2) is 39.8 Å². The first-order valence-corrected chi connectivity index (χ1v) is 8.99. The van der Waals surface area contributed by atoms with Gasteiger partial charge in [-0.1, -0.05) is 55.3 Å². The standard InChI is InChI=1S/C19H25BrF3N/c1-5-14(7-6-13(2)3)17(12-18(24-4)19(21,22)23)15-8-10-16(20)11-9-15/h8-14H,5-7H2,1-4H3. The highest BCUT2D eigenvalue weighted by atomic mass is 79.9. The summed E-state index contributed by atoms with van der Waals surface area (Å²) in [5, 5.41) is 0. The van der Waals surface area contributed by atoms with E-state index in [0.29, 0.717) is 11.5 Å². The number of hydrogen-bond acceptors (Lipinski definition) is 1. The van der Waals surface area contributed by atoms with Crippen LogP contribution in [0, 0.1) is 11.8 Å². The molecule has 0 aromatic heterocycles. The number of rotatable bonds is 7. The third-order valence-electron chi connectivity index (χ3n) is 4.03. The molecule has 24 heavy (non-hydrogen) atoms. The first kappa shape index (κ1) is 20.9. The zero-order valence-electron chi connectivity index (χ0n) is 14.6. The summed E-state index contributed by atoms with van der Waals surface area (Å²) in [5.41, 5.74) is 0.700. The molecule has 1 atom stereocenters. The summed E-state index contributed by atoms with van der Waals surface area (Å²) in [5.74, 6) is 0.597. The van der Waals surface area contributed by atoms with E-state index in [2.05, 4.69) is 34.8 Å². The van der Waals surface area contributed by atoms with E-state index in [1.165, 1.54) is 13.1 Å². The lowest BCUT2D eigenvalue weighted by atomic mass is 9.84. The Morgan fingerprint density at radius 2 is 1.75 bits per heavy atom. The summed E-state index contributed by atoms with van der Waals surface area (Å²) < 4.78 is 40.4. The largest absolute Gasteiger partial charge is 0.432 e. The van der Waals surface area contributed by atoms with Crippen LogP contribution in [-0.2, 0) is 0 Å². The monoisotopic (exact) mass is 403 g/mol. The van der Waals surface area contributed by atoms with Gasteiger partial charge in [-0.15, -0.1) is 0 Å². The molecule has 5 heteroatoms. The van der Waals surface area contributed by atoms with E-state index in [-0.39, 0.29) is 5.92 Å². The first-order valence-electron chi connectivity index (χ1n) is 8.20. The molecule has 1 nitrogen and oxygen atoms in total. The van der Waals surface area contributed by atoms with E-state index in [4.69, 9.17) is 0 Å². The lowest BCUT2D eigenvalue weighted by Crippen LogP contribution is -2.22. The second-order valence-electron chi connectivity index (χ2n) is 6.29. The van der Waals surface area contributed by atoms with E-state index in [1.807, 2.05) is 31.2 Å². The molecule has 1 aromatic carbocycles. The van der Waals surface area contributed by atoms with Crippen LogP contribution >= 0.6 is 15.9 Å². The minimum Gasteiger partial charge on any atom is -0.284 e. The highest BCUT2D eigenvalue weighted by molar-refractivity contribution is 9.10. The highest BCUT2D eigenvalue weighted by Gasteiger charge is 2.34. The van der Waals surface area contributed by atoms with Gasteiger partial charge in [0.15, 0.2) is 0 Å². The van der Waals surface area contributed by atoms with Gasteiger partial charge in [0.2, 0.25) is 0 Å². The van der Waals surface area contributed by atoms with Crippen molar-refractivity contribution >= 4 is 27.2 Å². The summed E-state index contributed by atoms with van der Waals surface area (Å²) in [4.78, 5) is 3.46. The van der Waals surface area contributed by atoms with Crippen molar-refractivity contribution in [2.24, 2.45) is 16.8 Å². The van der Waals surface area contributed by atoms with Gasteiger partial charge in [0.05, 0.1) is 0 Å². The van der Waals surface area contributed by atoms with Gasteiger partial charge < -0.3 is 0 Å². The predicted molar refractivity (Wildman–Crippen MR) is 99.4 cm³/mol. The van der Waals surface area contributed by atoms with E-state index >= 15 is 0 Å². The van der Waals surface area contributed by atoms with Crippen molar-refractivity contribution in [1.29, 1.82) is 0 Å². The van der Waals surface area contributed by atoms with Gasteiger partial charge in [-0.05, 0) is 54.0 Å². The van der Waals surface area contributed by atoms with Crippen molar-refractivity contribution in [3.05, 3.63) is 40.4 Å². The Balaban J connectivity index is 3.31. The van der Waals surface area contributed by atoms with Crippen molar-refractivity contribution in [2.45, 2.75) is 46.2 Å². The van der Waals surface area contributed by atoms with Crippen LogP contribution in [0.2, 0.25) is 0 Å². The fourth-order valence-corrected chi connectivity index (χ4v) is 2.88. The van der Waals surface area contributed by atoms with Crippen LogP contribution < -0.4 is 0 Å². The molecule has 0 saturated heterocycles. The molecule has 0 saturated carbocycles. The second kappa shape index (κ2) is 9.40. The molecule has 0 N–H and O–H groups in total. The lowest BCUT2D eigenvalue weighted by molar-refractivity contribution is -0.0577. The van der Waals surface area contributed by atoms with Gasteiger partial charge in [0.25, 0.3) is 0 Å². The molecule has 1 aromatic rings. The van der Waals surface area contributed by atoms with Gasteiger partial charge in [0.1, 0.15) is 5.71 Å². The second-order valence-corrected chi connectivity index (χ2v) is 7.21. The summed E-state index contributed by atoms with van der Waals surface area (Å²) in [6.07, 6.45) is -0.575. The Labute approximate surface area is 151 Å². The Hall–Kier alpha value is -1.10. The zero-order chi connectivity index (χ0) is 18.3. The number of nitrogens with zero attached hydrogens (tertiary/aromatic N) is 1. The molecule has 134 valence electrons. The molecule has 1 rings (SSSR count). The fraction of sp³-hybridized carbons (Fsp3) is 0.526. The van der Waals surface area contributed by atoms with Crippen LogP contribution in [0.25, 0.3) is 5.57 Å². The third-order valence-corrected chi connectivity index (χ3v) is 4.55. The molecule has 0 bridgehead atoms. The summed E-state index contributed by atoms with van der Waals surface area (Å²) >= 11 is 3.37. The van der Waals surface area contributed by atoms with Crippen molar-refractivity contribution in [1.82, 2.24) is 0 Å². The number of aliphatic imine (C=N–C) groups is 1. The van der Waals surface area contributed by atoms with Crippen LogP contribution in [0.4, 0.5) is 13.2 Å². The van der Waals surface area contributed by atoms with Crippen molar-refractivity contribution in [2.75, 3.05) is 7.05 Å². The van der Waals surface area contributed by atoms with E-state index < -0.39 is 11.9 Å². The maximum atomic E-state index is 13.2. The Morgan fingerprint density at radius 1 is 1.17 bits per heavy atom. The molecule has 1 unspecified atom stereocenters. The quantitative estimate of drug-likeness (QED) is 0.437. The molecule has 0 spiro atoms. The van der Waals surface area contributed by atoms with Gasteiger partial charge in [0, 0.05) is 11.5 Å². The topological polar surface area (TPSA) is 12.4 Å². The normalized spacial score (nSPS) is 15.0. The Kier molecular flexibility index (Phi) is 8.20. The number of hydrogen-bond donors (Lipinski definition) is 0. The first-order chi connectivity index (χ1) is 11.2. The van der Waals surface area contributed by atoms with Crippen molar-refractivity contribution in [3.8, 4) is 0 Å². The van der Waals surface area contributed by atoms with Gasteiger partial charge in [-0.2, -0.15) is 13.2 Å². The minimum absolute atomic E-state index is 0.0766. The Morgan fingerprint density at radius 3 is 2.17 bits per heavy atom. The van der Waals surface area contributed by atoms with Crippen LogP contribution in [0.5, 0.6) is 0 Å². The number of alkyl halides is 3. The van der Waals surface area contributed by atoms with E-state index in [0.717, 1.165) is 29.3 Å². The SMILES string of the molecule is CCC(CCC(C)C)C(=CC(=NC)C(F)(F)F)c1ccc(Br)cc1. The number of allylic oxidation sites excluding steroid dienone is 2. The van der Waals surface area contributed by atoms with Gasteiger partial charge in [-0.3, -0.25) is 4.99 Å². The minimum atomic E-state index is -4.44. The molecular formula is C19H25BrF3N. The predicted octanol–water partition coefficient (Wildman–Crippen LogP) is 6.93. The summed E-state index contributed by atoms with van der Waals surface area (Å²) in [7, 11) is 1.19. The molecule has 0 heterocycles. The van der Waals surface area contributed by atoms with Gasteiger partial charge in [-0.25, -0.2) is 0 Å². The zero-order valence-corrected chi connectivity index (χ0v) is 16.2. The van der Waals surface area contributed by atoms with Gasteiger partial charge >= 0.3 is 6.18 Å². The maximum Gasteiger partial charge on any atom is 0.432 e. The van der Waals surface area contributed by atoms with Crippen LogP contribution in [-0.4, -0.2) is 18.9 Å². The summed E-state index contributed by atoms with van der Waals surface area (Å²) in [6.45, 7) is 6.28. The van der Waals surface area contributed by atoms with Crippen molar-refractivity contribution in [3.63, 3.8) is 0 Å². The maximum absolute atomic E-state index is 13.2. The number of benzene rings is 1. The van der Waals surface area contributed by atoms with E-state index in [9.17, 15) is 13.2 Å². The molecule has 0 radical (unpaired) electrons. The molecule has 0 aliphatic rings. The molecular weight excluding hydrogens is 379 g/mol. The average Bonchev–Trinajstić information content (AvgIpc) is 2.50. The third kappa shape index (κ3) is 6.42. The summed E-state index contributed by atoms with van der Waals surface area (Å²) in [6, 6.07) is 7.43. The fourth-order valence-electron chi connectivity index (χ4n) is 2.61. The lowest BCUT2D eigenvalue weighted by Gasteiger charge is -2.21.